The molecular weight excluding hydrogens is 242 g/mol. The summed E-state index contributed by atoms with van der Waals surface area (Å²) in [4.78, 5) is 11.8. The second kappa shape index (κ2) is 6.17. The summed E-state index contributed by atoms with van der Waals surface area (Å²) in [6.07, 6.45) is 4.29. The summed E-state index contributed by atoms with van der Waals surface area (Å²) in [5.74, 6) is -0.0953. The molecule has 0 bridgehead atoms. The molecule has 2 nitrogen and oxygen atoms in total. The van der Waals surface area contributed by atoms with E-state index < -0.39 is 0 Å². The summed E-state index contributed by atoms with van der Waals surface area (Å²) >= 11 is 1.62. The molecule has 0 unspecified atom stereocenters. The molecule has 2 rings (SSSR count). The Morgan fingerprint density at radius 3 is 2.89 bits per heavy atom. The predicted octanol–water partition coefficient (Wildman–Crippen LogP) is 3.96. The number of carbonyl (C=O) groups excluding carboxylic acids is 1. The topological polar surface area (TPSA) is 29.1 Å². The third kappa shape index (κ3) is 3.31. The molecule has 3 heteroatoms. The average molecular weight is 257 g/mol. The van der Waals surface area contributed by atoms with Crippen molar-refractivity contribution in [1.82, 2.24) is 0 Å². The van der Waals surface area contributed by atoms with Crippen LogP contribution in [0.3, 0.4) is 0 Å². The van der Waals surface area contributed by atoms with Gasteiger partial charge in [0.2, 0.25) is 5.91 Å². The zero-order chi connectivity index (χ0) is 12.8. The van der Waals surface area contributed by atoms with Gasteiger partial charge in [0.25, 0.3) is 0 Å². The minimum Gasteiger partial charge on any atom is -0.322 e. The monoisotopic (exact) mass is 257 g/mol. The summed E-state index contributed by atoms with van der Waals surface area (Å²) in [5.41, 5.74) is 3.09. The predicted molar refractivity (Wildman–Crippen MR) is 77.8 cm³/mol. The van der Waals surface area contributed by atoms with E-state index in [0.717, 1.165) is 23.2 Å². The number of hydrogen-bond acceptors (Lipinski definition) is 2. The van der Waals surface area contributed by atoms with Crippen molar-refractivity contribution in [1.29, 1.82) is 0 Å². The lowest BCUT2D eigenvalue weighted by Crippen LogP contribution is -2.09. The van der Waals surface area contributed by atoms with Crippen LogP contribution in [0.2, 0.25) is 0 Å². The van der Waals surface area contributed by atoms with Crippen molar-refractivity contribution >= 4 is 29.0 Å². The summed E-state index contributed by atoms with van der Waals surface area (Å²) in [6, 6.07) is 9.84. The number of rotatable bonds is 4. The lowest BCUT2D eigenvalue weighted by molar-refractivity contribution is -0.111. The largest absolute Gasteiger partial charge is 0.322 e. The Kier molecular flexibility index (Phi) is 4.31. The van der Waals surface area contributed by atoms with Crippen LogP contribution in [0.5, 0.6) is 0 Å². The highest BCUT2D eigenvalue weighted by molar-refractivity contribution is 7.08. The summed E-state index contributed by atoms with van der Waals surface area (Å²) in [7, 11) is 0. The number of nitrogens with one attached hydrogen (secondary N) is 1. The molecule has 0 aliphatic heterocycles. The van der Waals surface area contributed by atoms with Gasteiger partial charge in [-0.1, -0.05) is 25.1 Å². The van der Waals surface area contributed by atoms with Gasteiger partial charge in [-0.3, -0.25) is 4.79 Å². The van der Waals surface area contributed by atoms with Gasteiger partial charge in [-0.25, -0.2) is 0 Å². The normalized spacial score (nSPS) is 10.7. The van der Waals surface area contributed by atoms with E-state index in [1.807, 2.05) is 47.2 Å². The molecule has 0 fully saturated rings. The third-order valence-electron chi connectivity index (χ3n) is 2.63. The van der Waals surface area contributed by atoms with E-state index in [0.29, 0.717) is 0 Å². The molecule has 0 aliphatic carbocycles. The van der Waals surface area contributed by atoms with Gasteiger partial charge in [-0.2, -0.15) is 11.3 Å². The minimum absolute atomic E-state index is 0.0953. The Morgan fingerprint density at radius 2 is 2.17 bits per heavy atom. The summed E-state index contributed by atoms with van der Waals surface area (Å²) in [5, 5.41) is 6.90. The van der Waals surface area contributed by atoms with Crippen molar-refractivity contribution < 1.29 is 4.79 Å². The van der Waals surface area contributed by atoms with Crippen molar-refractivity contribution in [2.75, 3.05) is 5.32 Å². The molecule has 1 aromatic carbocycles. The van der Waals surface area contributed by atoms with Crippen LogP contribution in [0, 0.1) is 0 Å². The molecule has 0 aliphatic rings. The average Bonchev–Trinajstić information content (AvgIpc) is 2.90. The van der Waals surface area contributed by atoms with E-state index in [4.69, 9.17) is 0 Å². The van der Waals surface area contributed by atoms with Gasteiger partial charge >= 0.3 is 0 Å². The first-order valence-electron chi connectivity index (χ1n) is 5.88. The number of benzene rings is 1. The first-order chi connectivity index (χ1) is 8.79. The molecule has 0 radical (unpaired) electrons. The van der Waals surface area contributed by atoms with Crippen molar-refractivity contribution in [3.63, 3.8) is 0 Å². The van der Waals surface area contributed by atoms with Crippen LogP contribution in [-0.4, -0.2) is 5.91 Å². The van der Waals surface area contributed by atoms with E-state index in [9.17, 15) is 4.79 Å². The molecule has 1 amide bonds. The highest BCUT2D eigenvalue weighted by atomic mass is 32.1. The van der Waals surface area contributed by atoms with E-state index in [1.165, 1.54) is 0 Å². The van der Waals surface area contributed by atoms with Crippen molar-refractivity contribution in [3.8, 4) is 0 Å². The van der Waals surface area contributed by atoms with Crippen LogP contribution in [0.15, 0.2) is 47.2 Å². The first-order valence-corrected chi connectivity index (χ1v) is 6.83. The Morgan fingerprint density at radius 1 is 1.33 bits per heavy atom. The molecule has 0 saturated heterocycles. The van der Waals surface area contributed by atoms with Gasteiger partial charge in [-0.05, 0) is 46.5 Å². The van der Waals surface area contributed by atoms with Crippen LogP contribution < -0.4 is 5.32 Å². The highest BCUT2D eigenvalue weighted by Crippen LogP contribution is 2.15. The lowest BCUT2D eigenvalue weighted by atomic mass is 10.1. The fourth-order valence-electron chi connectivity index (χ4n) is 1.67. The second-order valence-electron chi connectivity index (χ2n) is 3.89. The van der Waals surface area contributed by atoms with Crippen molar-refractivity contribution in [2.24, 2.45) is 0 Å². The van der Waals surface area contributed by atoms with Gasteiger partial charge in [0.1, 0.15) is 0 Å². The quantitative estimate of drug-likeness (QED) is 0.825. The number of para-hydroxylation sites is 1. The van der Waals surface area contributed by atoms with Crippen LogP contribution in [0.4, 0.5) is 5.69 Å². The van der Waals surface area contributed by atoms with Crippen LogP contribution >= 0.6 is 11.3 Å². The molecule has 0 spiro atoms. The van der Waals surface area contributed by atoms with Crippen LogP contribution in [-0.2, 0) is 11.2 Å². The molecule has 1 aromatic heterocycles. The molecule has 0 saturated carbocycles. The SMILES string of the molecule is CCc1ccccc1NC(=O)/C=C/c1ccsc1. The number of hydrogen-bond donors (Lipinski definition) is 1. The smallest absolute Gasteiger partial charge is 0.248 e. The van der Waals surface area contributed by atoms with Gasteiger partial charge < -0.3 is 5.32 Å². The number of thiophene rings is 1. The molecule has 92 valence electrons. The molecule has 18 heavy (non-hydrogen) atoms. The zero-order valence-corrected chi connectivity index (χ0v) is 11.0. The number of amides is 1. The van der Waals surface area contributed by atoms with E-state index >= 15 is 0 Å². The Bertz CT molecular complexity index is 543. The molecular formula is C15H15NOS. The minimum atomic E-state index is -0.0953. The van der Waals surface area contributed by atoms with Crippen LogP contribution in [0.1, 0.15) is 18.1 Å². The van der Waals surface area contributed by atoms with Crippen molar-refractivity contribution in [3.05, 3.63) is 58.3 Å². The molecule has 1 N–H and O–H groups in total. The molecule has 1 heterocycles. The number of aryl methyl sites for hydroxylation is 1. The third-order valence-corrected chi connectivity index (χ3v) is 3.33. The highest BCUT2D eigenvalue weighted by Gasteiger charge is 2.02. The Hall–Kier alpha value is -1.87. The first kappa shape index (κ1) is 12.6. The maximum absolute atomic E-state index is 11.8. The standard InChI is InChI=1S/C15H15NOS/c1-2-13-5-3-4-6-14(13)16-15(17)8-7-12-9-10-18-11-12/h3-11H,2H2,1H3,(H,16,17)/b8-7+. The van der Waals surface area contributed by atoms with Gasteiger partial charge in [0, 0.05) is 11.8 Å². The van der Waals surface area contributed by atoms with E-state index in [1.54, 1.807) is 17.4 Å². The van der Waals surface area contributed by atoms with Crippen LogP contribution in [0.25, 0.3) is 6.08 Å². The van der Waals surface area contributed by atoms with Crippen molar-refractivity contribution in [2.45, 2.75) is 13.3 Å². The number of anilines is 1. The van der Waals surface area contributed by atoms with E-state index in [-0.39, 0.29) is 5.91 Å². The Labute approximate surface area is 111 Å². The lowest BCUT2D eigenvalue weighted by Gasteiger charge is -2.07. The molecule has 0 atom stereocenters. The summed E-state index contributed by atoms with van der Waals surface area (Å²) in [6.45, 7) is 2.08. The number of carbonyl (C=O) groups is 1. The fourth-order valence-corrected chi connectivity index (χ4v) is 2.30. The Balaban J connectivity index is 2.03. The second-order valence-corrected chi connectivity index (χ2v) is 4.67. The maximum Gasteiger partial charge on any atom is 0.248 e. The van der Waals surface area contributed by atoms with E-state index in [2.05, 4.69) is 12.2 Å². The summed E-state index contributed by atoms with van der Waals surface area (Å²) < 4.78 is 0. The van der Waals surface area contributed by atoms with Gasteiger partial charge in [0.05, 0.1) is 0 Å². The van der Waals surface area contributed by atoms with Gasteiger partial charge in [-0.15, -0.1) is 0 Å². The zero-order valence-electron chi connectivity index (χ0n) is 10.2. The molecule has 2 aromatic rings. The fraction of sp³-hybridized carbons (Fsp3) is 0.133. The van der Waals surface area contributed by atoms with Gasteiger partial charge in [0.15, 0.2) is 0 Å². The maximum atomic E-state index is 11.8.